The third-order valence-corrected chi connectivity index (χ3v) is 3.07. The van der Waals surface area contributed by atoms with E-state index in [1.807, 2.05) is 24.4 Å². The number of nitrogens with two attached hydrogens (primary N) is 1. The summed E-state index contributed by atoms with van der Waals surface area (Å²) in [4.78, 5) is 6.82. The fourth-order valence-corrected chi connectivity index (χ4v) is 2.32. The lowest BCUT2D eigenvalue weighted by Crippen LogP contribution is -2.25. The van der Waals surface area contributed by atoms with Gasteiger partial charge < -0.3 is 10.6 Å². The second-order valence-electron chi connectivity index (χ2n) is 4.59. The van der Waals surface area contributed by atoms with Gasteiger partial charge in [-0.05, 0) is 37.1 Å². The summed E-state index contributed by atoms with van der Waals surface area (Å²) in [7, 11) is 0. The molecule has 0 fully saturated rings. The summed E-state index contributed by atoms with van der Waals surface area (Å²) >= 11 is 0. The summed E-state index contributed by atoms with van der Waals surface area (Å²) in [5, 5.41) is 1.15. The normalized spacial score (nSPS) is 10.8. The van der Waals surface area contributed by atoms with E-state index in [9.17, 15) is 0 Å². The van der Waals surface area contributed by atoms with Crippen LogP contribution in [-0.2, 0) is 0 Å². The molecule has 1 aromatic carbocycles. The molecule has 3 heteroatoms. The van der Waals surface area contributed by atoms with Crippen molar-refractivity contribution in [2.24, 2.45) is 0 Å². The fourth-order valence-electron chi connectivity index (χ4n) is 2.32. The van der Waals surface area contributed by atoms with Crippen LogP contribution in [0.1, 0.15) is 26.7 Å². The molecule has 0 spiro atoms. The molecule has 0 radical (unpaired) electrons. The van der Waals surface area contributed by atoms with Crippen LogP contribution >= 0.6 is 0 Å². The standard InChI is InChI=1S/C15H21N3/c1-3-9-18(10-4-2)15-7-8-17-14-6-5-12(16)11-13(14)15/h5-8,11H,3-4,9-10,16H2,1-2H3. The summed E-state index contributed by atoms with van der Waals surface area (Å²) in [5.74, 6) is 0. The molecule has 0 aliphatic rings. The van der Waals surface area contributed by atoms with Crippen LogP contribution in [0, 0.1) is 0 Å². The van der Waals surface area contributed by atoms with Crippen LogP contribution in [0.25, 0.3) is 10.9 Å². The van der Waals surface area contributed by atoms with E-state index < -0.39 is 0 Å². The predicted molar refractivity (Wildman–Crippen MR) is 79.0 cm³/mol. The number of rotatable bonds is 5. The van der Waals surface area contributed by atoms with Gasteiger partial charge in [-0.3, -0.25) is 4.98 Å². The maximum absolute atomic E-state index is 5.89. The molecule has 3 nitrogen and oxygen atoms in total. The molecule has 2 rings (SSSR count). The Balaban J connectivity index is 2.50. The Kier molecular flexibility index (Phi) is 4.03. The van der Waals surface area contributed by atoms with E-state index in [-0.39, 0.29) is 0 Å². The highest BCUT2D eigenvalue weighted by Gasteiger charge is 2.09. The number of hydrogen-bond donors (Lipinski definition) is 1. The number of nitrogen functional groups attached to an aromatic ring is 1. The van der Waals surface area contributed by atoms with Crippen LogP contribution < -0.4 is 10.6 Å². The number of nitrogens with zero attached hydrogens (tertiary/aromatic N) is 2. The molecule has 0 atom stereocenters. The van der Waals surface area contributed by atoms with E-state index in [1.165, 1.54) is 5.69 Å². The van der Waals surface area contributed by atoms with Gasteiger partial charge in [-0.1, -0.05) is 13.8 Å². The molecule has 0 amide bonds. The van der Waals surface area contributed by atoms with Crippen molar-refractivity contribution in [3.63, 3.8) is 0 Å². The highest BCUT2D eigenvalue weighted by atomic mass is 15.1. The molecule has 2 N–H and O–H groups in total. The van der Waals surface area contributed by atoms with E-state index >= 15 is 0 Å². The highest BCUT2D eigenvalue weighted by molar-refractivity contribution is 5.93. The van der Waals surface area contributed by atoms with Gasteiger partial charge in [0.1, 0.15) is 0 Å². The largest absolute Gasteiger partial charge is 0.399 e. The molecule has 1 heterocycles. The minimum atomic E-state index is 0.796. The number of benzene rings is 1. The molecular formula is C15H21N3. The van der Waals surface area contributed by atoms with Crippen LogP contribution in [-0.4, -0.2) is 18.1 Å². The van der Waals surface area contributed by atoms with Crippen molar-refractivity contribution in [2.75, 3.05) is 23.7 Å². The first-order valence-electron chi connectivity index (χ1n) is 6.65. The lowest BCUT2D eigenvalue weighted by molar-refractivity contribution is 0.747. The van der Waals surface area contributed by atoms with Crippen molar-refractivity contribution in [3.05, 3.63) is 30.5 Å². The van der Waals surface area contributed by atoms with E-state index in [4.69, 9.17) is 5.73 Å². The molecule has 96 valence electrons. The lowest BCUT2D eigenvalue weighted by Gasteiger charge is -2.25. The van der Waals surface area contributed by atoms with Crippen LogP contribution in [0.2, 0.25) is 0 Å². The average Bonchev–Trinajstić information content (AvgIpc) is 2.38. The van der Waals surface area contributed by atoms with Gasteiger partial charge in [0.2, 0.25) is 0 Å². The smallest absolute Gasteiger partial charge is 0.0724 e. The molecule has 0 bridgehead atoms. The topological polar surface area (TPSA) is 42.2 Å². The molecule has 0 unspecified atom stereocenters. The SMILES string of the molecule is CCCN(CCC)c1ccnc2ccc(N)cc12. The lowest BCUT2D eigenvalue weighted by atomic mass is 10.1. The Labute approximate surface area is 109 Å². The first-order chi connectivity index (χ1) is 8.76. The van der Waals surface area contributed by atoms with E-state index in [0.29, 0.717) is 0 Å². The van der Waals surface area contributed by atoms with Crippen molar-refractivity contribution < 1.29 is 0 Å². The molecular weight excluding hydrogens is 222 g/mol. The van der Waals surface area contributed by atoms with Crippen molar-refractivity contribution in [3.8, 4) is 0 Å². The van der Waals surface area contributed by atoms with Crippen molar-refractivity contribution in [1.82, 2.24) is 4.98 Å². The van der Waals surface area contributed by atoms with Gasteiger partial charge in [-0.2, -0.15) is 0 Å². The quantitative estimate of drug-likeness (QED) is 0.818. The summed E-state index contributed by atoms with van der Waals surface area (Å²) in [6.45, 7) is 6.56. The summed E-state index contributed by atoms with van der Waals surface area (Å²) < 4.78 is 0. The van der Waals surface area contributed by atoms with Gasteiger partial charge >= 0.3 is 0 Å². The number of anilines is 2. The number of pyridine rings is 1. The second kappa shape index (κ2) is 5.71. The Bertz CT molecular complexity index is 516. The van der Waals surface area contributed by atoms with Gasteiger partial charge in [0, 0.05) is 36.0 Å². The molecule has 0 aliphatic heterocycles. The maximum Gasteiger partial charge on any atom is 0.0724 e. The van der Waals surface area contributed by atoms with Crippen molar-refractivity contribution in [1.29, 1.82) is 0 Å². The summed E-state index contributed by atoms with van der Waals surface area (Å²) in [5.41, 5.74) is 8.95. The Hall–Kier alpha value is -1.77. The van der Waals surface area contributed by atoms with Crippen molar-refractivity contribution >= 4 is 22.3 Å². The highest BCUT2D eigenvalue weighted by Crippen LogP contribution is 2.27. The average molecular weight is 243 g/mol. The molecule has 0 aliphatic carbocycles. The van der Waals surface area contributed by atoms with Crippen LogP contribution in [0.5, 0.6) is 0 Å². The van der Waals surface area contributed by atoms with Gasteiger partial charge in [0.05, 0.1) is 5.52 Å². The second-order valence-corrected chi connectivity index (χ2v) is 4.59. The third kappa shape index (κ3) is 2.55. The first kappa shape index (κ1) is 12.7. The van der Waals surface area contributed by atoms with E-state index in [2.05, 4.69) is 29.8 Å². The molecule has 2 aromatic rings. The van der Waals surface area contributed by atoms with Gasteiger partial charge in [0.15, 0.2) is 0 Å². The maximum atomic E-state index is 5.89. The zero-order chi connectivity index (χ0) is 13.0. The fraction of sp³-hybridized carbons (Fsp3) is 0.400. The van der Waals surface area contributed by atoms with Gasteiger partial charge in [-0.15, -0.1) is 0 Å². The number of fused-ring (bicyclic) bond motifs is 1. The monoisotopic (exact) mass is 243 g/mol. The number of aromatic nitrogens is 1. The zero-order valence-corrected chi connectivity index (χ0v) is 11.2. The minimum absolute atomic E-state index is 0.796. The van der Waals surface area contributed by atoms with Crippen LogP contribution in [0.15, 0.2) is 30.5 Å². The molecule has 1 aromatic heterocycles. The minimum Gasteiger partial charge on any atom is -0.399 e. The first-order valence-corrected chi connectivity index (χ1v) is 6.65. The zero-order valence-electron chi connectivity index (χ0n) is 11.2. The molecule has 18 heavy (non-hydrogen) atoms. The Morgan fingerprint density at radius 1 is 1.11 bits per heavy atom. The van der Waals surface area contributed by atoms with Gasteiger partial charge in [0.25, 0.3) is 0 Å². The Morgan fingerprint density at radius 3 is 2.50 bits per heavy atom. The summed E-state index contributed by atoms with van der Waals surface area (Å²) in [6, 6.07) is 8.01. The van der Waals surface area contributed by atoms with E-state index in [1.54, 1.807) is 0 Å². The van der Waals surface area contributed by atoms with Gasteiger partial charge in [-0.25, -0.2) is 0 Å². The van der Waals surface area contributed by atoms with Crippen molar-refractivity contribution in [2.45, 2.75) is 26.7 Å². The third-order valence-electron chi connectivity index (χ3n) is 3.07. The Morgan fingerprint density at radius 2 is 1.83 bits per heavy atom. The summed E-state index contributed by atoms with van der Waals surface area (Å²) in [6.07, 6.45) is 4.17. The predicted octanol–water partition coefficient (Wildman–Crippen LogP) is 3.44. The molecule has 0 saturated carbocycles. The molecule has 0 saturated heterocycles. The van der Waals surface area contributed by atoms with Crippen LogP contribution in [0.3, 0.4) is 0 Å². The number of hydrogen-bond acceptors (Lipinski definition) is 3. The van der Waals surface area contributed by atoms with E-state index in [0.717, 1.165) is 42.5 Å². The van der Waals surface area contributed by atoms with Crippen LogP contribution in [0.4, 0.5) is 11.4 Å².